The lowest BCUT2D eigenvalue weighted by Crippen LogP contribution is -2.33. The van der Waals surface area contributed by atoms with Crippen molar-refractivity contribution in [2.24, 2.45) is 0 Å². The Morgan fingerprint density at radius 2 is 1.97 bits per heavy atom. The van der Waals surface area contributed by atoms with E-state index in [1.807, 2.05) is 11.8 Å². The first-order valence-electron chi connectivity index (χ1n) is 10.0. The van der Waals surface area contributed by atoms with Gasteiger partial charge in [-0.15, -0.1) is 12.4 Å². The number of rotatable bonds is 3. The lowest BCUT2D eigenvalue weighted by molar-refractivity contribution is 0.0879. The van der Waals surface area contributed by atoms with Crippen LogP contribution in [0, 0.1) is 5.82 Å². The summed E-state index contributed by atoms with van der Waals surface area (Å²) in [5.74, 6) is -1.03. The first-order valence-corrected chi connectivity index (χ1v) is 10.0. The molecule has 2 amide bonds. The molecule has 162 valence electrons. The molecule has 31 heavy (non-hydrogen) atoms. The zero-order valence-electron chi connectivity index (χ0n) is 16.8. The predicted octanol–water partition coefficient (Wildman–Crippen LogP) is 3.92. The highest BCUT2D eigenvalue weighted by molar-refractivity contribution is 6.23. The van der Waals surface area contributed by atoms with Gasteiger partial charge in [0.2, 0.25) is 0 Å². The van der Waals surface area contributed by atoms with E-state index in [2.05, 4.69) is 10.5 Å². The van der Waals surface area contributed by atoms with Crippen LogP contribution in [0.25, 0.3) is 11.0 Å². The number of carbonyl (C=O) groups excluding carboxylic acids is 2. The van der Waals surface area contributed by atoms with Crippen LogP contribution in [0.15, 0.2) is 28.8 Å². The molecule has 5 rings (SSSR count). The molecule has 9 heteroatoms. The van der Waals surface area contributed by atoms with Crippen LogP contribution in [0.1, 0.15) is 57.7 Å². The molecule has 0 unspecified atom stereocenters. The Labute approximate surface area is 183 Å². The molecule has 2 aliphatic heterocycles. The van der Waals surface area contributed by atoms with E-state index in [-0.39, 0.29) is 35.5 Å². The third-order valence-corrected chi connectivity index (χ3v) is 6.12. The van der Waals surface area contributed by atoms with Crippen molar-refractivity contribution in [2.75, 3.05) is 18.0 Å². The van der Waals surface area contributed by atoms with Crippen molar-refractivity contribution in [3.63, 3.8) is 0 Å². The fourth-order valence-corrected chi connectivity index (χ4v) is 4.59. The van der Waals surface area contributed by atoms with Gasteiger partial charge in [0.25, 0.3) is 11.8 Å². The molecule has 2 aliphatic rings. The van der Waals surface area contributed by atoms with E-state index in [0.29, 0.717) is 41.9 Å². The van der Waals surface area contributed by atoms with Crippen LogP contribution >= 0.6 is 12.4 Å². The molecule has 2 aromatic carbocycles. The molecule has 0 bridgehead atoms. The number of anilines is 1. The van der Waals surface area contributed by atoms with Crippen molar-refractivity contribution in [2.45, 2.75) is 32.1 Å². The van der Waals surface area contributed by atoms with Gasteiger partial charge >= 0.3 is 0 Å². The molecule has 3 heterocycles. The van der Waals surface area contributed by atoms with Gasteiger partial charge in [0.05, 0.1) is 22.5 Å². The number of hydrogen-bond donors (Lipinski definition) is 2. The number of aromatic hydroxyl groups is 1. The second kappa shape index (κ2) is 7.85. The van der Waals surface area contributed by atoms with Crippen molar-refractivity contribution in [1.29, 1.82) is 0 Å². The summed E-state index contributed by atoms with van der Waals surface area (Å²) in [6, 6.07) is 6.04. The van der Waals surface area contributed by atoms with Gasteiger partial charge in [-0.1, -0.05) is 12.1 Å². The molecule has 0 atom stereocenters. The fraction of sp³-hybridized carbons (Fsp3) is 0.318. The van der Waals surface area contributed by atoms with Crippen LogP contribution in [-0.4, -0.2) is 35.2 Å². The molecular formula is C22H21ClFN3O4. The minimum absolute atomic E-state index is 0. The summed E-state index contributed by atoms with van der Waals surface area (Å²) < 4.78 is 18.7. The number of hydrogen-bond acceptors (Lipinski definition) is 6. The minimum Gasteiger partial charge on any atom is -0.505 e. The van der Waals surface area contributed by atoms with Crippen LogP contribution in [0.3, 0.4) is 0 Å². The molecule has 1 aromatic heterocycles. The van der Waals surface area contributed by atoms with Crippen LogP contribution in [0.2, 0.25) is 0 Å². The highest BCUT2D eigenvalue weighted by Gasteiger charge is 2.34. The molecule has 0 saturated carbocycles. The highest BCUT2D eigenvalue weighted by atomic mass is 35.5. The van der Waals surface area contributed by atoms with E-state index in [0.717, 1.165) is 23.9 Å². The van der Waals surface area contributed by atoms with Gasteiger partial charge in [0.15, 0.2) is 5.58 Å². The minimum atomic E-state index is -0.457. The number of benzene rings is 2. The van der Waals surface area contributed by atoms with E-state index in [1.54, 1.807) is 12.1 Å². The molecular weight excluding hydrogens is 425 g/mol. The summed E-state index contributed by atoms with van der Waals surface area (Å²) in [6.45, 7) is 3.14. The smallest absolute Gasteiger partial charge is 0.259 e. The highest BCUT2D eigenvalue weighted by Crippen LogP contribution is 2.41. The predicted molar refractivity (Wildman–Crippen MR) is 115 cm³/mol. The number of aromatic nitrogens is 1. The Hall–Kier alpha value is -3.13. The van der Waals surface area contributed by atoms with E-state index in [9.17, 15) is 19.1 Å². The molecule has 0 radical (unpaired) electrons. The van der Waals surface area contributed by atoms with Crippen molar-refractivity contribution in [1.82, 2.24) is 10.5 Å². The monoisotopic (exact) mass is 445 g/mol. The van der Waals surface area contributed by atoms with Gasteiger partial charge in [-0.2, -0.15) is 0 Å². The lowest BCUT2D eigenvalue weighted by atomic mass is 9.90. The summed E-state index contributed by atoms with van der Waals surface area (Å²) in [5, 5.41) is 18.1. The number of carbonyl (C=O) groups is 2. The van der Waals surface area contributed by atoms with Gasteiger partial charge in [-0.25, -0.2) is 4.39 Å². The molecule has 0 aliphatic carbocycles. The second-order valence-corrected chi connectivity index (χ2v) is 7.75. The maximum absolute atomic E-state index is 13.4. The van der Waals surface area contributed by atoms with Gasteiger partial charge in [-0.05, 0) is 37.5 Å². The second-order valence-electron chi connectivity index (χ2n) is 7.75. The van der Waals surface area contributed by atoms with Crippen molar-refractivity contribution in [3.8, 4) is 5.75 Å². The standard InChI is InChI=1S/C22H20FN3O4.ClH/c1-2-13-18-15(21(28)24-22(18)29)10-16(20(13)27)26-7-5-11(6-8-26)19-14-4-3-12(23)9-17(14)30-25-19;/h3-4,9-11,27H,2,5-8H2,1H3,(H,24,28,29);1H. The van der Waals surface area contributed by atoms with Crippen LogP contribution < -0.4 is 10.2 Å². The SMILES string of the molecule is CCc1c(O)c(N2CCC(c3noc4cc(F)ccc34)CC2)cc2c1C(=O)NC2=O.Cl. The van der Waals surface area contributed by atoms with Gasteiger partial charge in [-0.3, -0.25) is 14.9 Å². The fourth-order valence-electron chi connectivity index (χ4n) is 4.59. The van der Waals surface area contributed by atoms with E-state index < -0.39 is 11.8 Å². The van der Waals surface area contributed by atoms with Crippen molar-refractivity contribution >= 4 is 40.9 Å². The van der Waals surface area contributed by atoms with Gasteiger partial charge in [0, 0.05) is 36.0 Å². The Morgan fingerprint density at radius 3 is 2.68 bits per heavy atom. The van der Waals surface area contributed by atoms with Gasteiger partial charge in [0.1, 0.15) is 11.6 Å². The topological polar surface area (TPSA) is 95.7 Å². The first kappa shape index (κ1) is 21.1. The third-order valence-electron chi connectivity index (χ3n) is 6.12. The van der Waals surface area contributed by atoms with Crippen molar-refractivity contribution in [3.05, 3.63) is 52.5 Å². The quantitative estimate of drug-likeness (QED) is 0.593. The Balaban J connectivity index is 0.00000231. The summed E-state index contributed by atoms with van der Waals surface area (Å²) in [7, 11) is 0. The summed E-state index contributed by atoms with van der Waals surface area (Å²) in [6.07, 6.45) is 1.98. The lowest BCUT2D eigenvalue weighted by Gasteiger charge is -2.34. The maximum Gasteiger partial charge on any atom is 0.259 e. The number of phenolic OH excluding ortho intramolecular Hbond substituents is 1. The molecule has 3 aromatic rings. The Bertz CT molecular complexity index is 1200. The van der Waals surface area contributed by atoms with Gasteiger partial charge < -0.3 is 14.5 Å². The molecule has 1 saturated heterocycles. The number of amides is 2. The van der Waals surface area contributed by atoms with Crippen molar-refractivity contribution < 1.29 is 23.6 Å². The largest absolute Gasteiger partial charge is 0.505 e. The molecule has 0 spiro atoms. The normalized spacial score (nSPS) is 16.4. The first-order chi connectivity index (χ1) is 14.5. The number of piperidine rings is 1. The number of nitrogens with zero attached hydrogens (tertiary/aromatic N) is 2. The van der Waals surface area contributed by atoms with E-state index in [1.165, 1.54) is 12.1 Å². The zero-order chi connectivity index (χ0) is 21.0. The summed E-state index contributed by atoms with van der Waals surface area (Å²) in [5.41, 5.74) is 2.92. The number of fused-ring (bicyclic) bond motifs is 2. The summed E-state index contributed by atoms with van der Waals surface area (Å²) in [4.78, 5) is 26.3. The molecule has 7 nitrogen and oxygen atoms in total. The van der Waals surface area contributed by atoms with E-state index in [4.69, 9.17) is 4.52 Å². The molecule has 2 N–H and O–H groups in total. The Kier molecular flexibility index (Phi) is 5.35. The molecule has 1 fully saturated rings. The van der Waals surface area contributed by atoms with Crippen LogP contribution in [0.5, 0.6) is 5.75 Å². The van der Waals surface area contributed by atoms with E-state index >= 15 is 0 Å². The number of halogens is 2. The maximum atomic E-state index is 13.4. The number of phenols is 1. The van der Waals surface area contributed by atoms with Crippen LogP contribution in [-0.2, 0) is 6.42 Å². The summed E-state index contributed by atoms with van der Waals surface area (Å²) >= 11 is 0. The third kappa shape index (κ3) is 3.31. The zero-order valence-corrected chi connectivity index (χ0v) is 17.6. The number of nitrogens with one attached hydrogen (secondary N) is 1. The average Bonchev–Trinajstić information content (AvgIpc) is 3.28. The average molecular weight is 446 g/mol. The Morgan fingerprint density at radius 1 is 1.23 bits per heavy atom. The van der Waals surface area contributed by atoms with Crippen LogP contribution in [0.4, 0.5) is 10.1 Å². The number of imide groups is 1.